The third-order valence-electron chi connectivity index (χ3n) is 2.89. The van der Waals surface area contributed by atoms with Crippen molar-refractivity contribution in [2.45, 2.75) is 6.92 Å². The van der Waals surface area contributed by atoms with Gasteiger partial charge in [-0.3, -0.25) is 4.79 Å². The average molecular weight is 405 g/mol. The zero-order chi connectivity index (χ0) is 17.5. The molecule has 0 unspecified atom stereocenters. The largest absolute Gasteiger partial charge is 0.462 e. The lowest BCUT2D eigenvalue weighted by molar-refractivity contribution is -0.112. The Balaban J connectivity index is 2.09. The van der Waals surface area contributed by atoms with Crippen molar-refractivity contribution in [2.75, 3.05) is 11.9 Å². The number of anilines is 1. The van der Waals surface area contributed by atoms with E-state index in [1.807, 2.05) is 17.5 Å². The number of hydrogen-bond donors (Lipinski definition) is 1. The Hall–Kier alpha value is -2.43. The van der Waals surface area contributed by atoms with Gasteiger partial charge in [-0.05, 0) is 59.3 Å². The Kier molecular flexibility index (Phi) is 6.29. The summed E-state index contributed by atoms with van der Waals surface area (Å²) in [6.07, 6.45) is 1.53. The summed E-state index contributed by atoms with van der Waals surface area (Å²) < 4.78 is 5.79. The fraction of sp³-hybridized carbons (Fsp3) is 0.118. The molecule has 1 aromatic carbocycles. The van der Waals surface area contributed by atoms with E-state index in [0.717, 1.165) is 9.35 Å². The molecular formula is C17H13BrN2O3S. The molecule has 24 heavy (non-hydrogen) atoms. The monoisotopic (exact) mass is 404 g/mol. The van der Waals surface area contributed by atoms with Gasteiger partial charge in [-0.15, -0.1) is 11.3 Å². The van der Waals surface area contributed by atoms with Gasteiger partial charge < -0.3 is 10.1 Å². The lowest BCUT2D eigenvalue weighted by atomic mass is 10.2. The van der Waals surface area contributed by atoms with Gasteiger partial charge in [0.2, 0.25) is 0 Å². The summed E-state index contributed by atoms with van der Waals surface area (Å²) in [5.41, 5.74) is 0.884. The first kappa shape index (κ1) is 17.9. The molecule has 0 fully saturated rings. The van der Waals surface area contributed by atoms with Crippen molar-refractivity contribution in [3.8, 4) is 6.07 Å². The Morgan fingerprint density at radius 1 is 1.38 bits per heavy atom. The third kappa shape index (κ3) is 4.78. The molecule has 0 saturated carbocycles. The topological polar surface area (TPSA) is 79.2 Å². The van der Waals surface area contributed by atoms with E-state index in [1.165, 1.54) is 17.4 Å². The van der Waals surface area contributed by atoms with Crippen molar-refractivity contribution >= 4 is 50.9 Å². The molecule has 1 amide bonds. The fourth-order valence-electron chi connectivity index (χ4n) is 1.80. The fourth-order valence-corrected chi connectivity index (χ4v) is 3.17. The van der Waals surface area contributed by atoms with E-state index in [4.69, 9.17) is 4.74 Å². The van der Waals surface area contributed by atoms with Crippen molar-refractivity contribution in [3.63, 3.8) is 0 Å². The summed E-state index contributed by atoms with van der Waals surface area (Å²) in [7, 11) is 0. The number of benzene rings is 1. The number of halogens is 1. The van der Waals surface area contributed by atoms with Gasteiger partial charge in [-0.25, -0.2) is 4.79 Å². The van der Waals surface area contributed by atoms with E-state index in [9.17, 15) is 14.9 Å². The van der Waals surface area contributed by atoms with E-state index in [2.05, 4.69) is 21.2 Å². The maximum absolute atomic E-state index is 12.2. The molecule has 0 bridgehead atoms. The number of thiophene rings is 1. The highest BCUT2D eigenvalue weighted by atomic mass is 79.9. The van der Waals surface area contributed by atoms with Gasteiger partial charge in [-0.1, -0.05) is 0 Å². The highest BCUT2D eigenvalue weighted by Crippen LogP contribution is 2.22. The van der Waals surface area contributed by atoms with Crippen LogP contribution in [0.4, 0.5) is 5.69 Å². The quantitative estimate of drug-likeness (QED) is 0.459. The third-order valence-corrected chi connectivity index (χ3v) is 4.53. The van der Waals surface area contributed by atoms with Crippen LogP contribution in [0.15, 0.2) is 45.8 Å². The Bertz CT molecular complexity index is 819. The molecule has 0 atom stereocenters. The molecule has 0 aliphatic rings. The van der Waals surface area contributed by atoms with Crippen LogP contribution in [-0.2, 0) is 9.53 Å². The van der Waals surface area contributed by atoms with Gasteiger partial charge in [0.25, 0.3) is 5.91 Å². The Morgan fingerprint density at radius 2 is 2.08 bits per heavy atom. The second kappa shape index (κ2) is 8.43. The molecule has 0 radical (unpaired) electrons. The predicted molar refractivity (Wildman–Crippen MR) is 96.6 cm³/mol. The van der Waals surface area contributed by atoms with E-state index >= 15 is 0 Å². The molecule has 0 spiro atoms. The summed E-state index contributed by atoms with van der Waals surface area (Å²) in [6.45, 7) is 2.03. The summed E-state index contributed by atoms with van der Waals surface area (Å²) in [5, 5.41) is 13.7. The second-order valence-electron chi connectivity index (χ2n) is 4.59. The van der Waals surface area contributed by atoms with Crippen LogP contribution in [0.3, 0.4) is 0 Å². The van der Waals surface area contributed by atoms with E-state index < -0.39 is 11.9 Å². The molecule has 1 aromatic heterocycles. The van der Waals surface area contributed by atoms with Gasteiger partial charge >= 0.3 is 5.97 Å². The number of esters is 1. The lowest BCUT2D eigenvalue weighted by Crippen LogP contribution is -2.13. The molecule has 0 aliphatic carbocycles. The first-order valence-electron chi connectivity index (χ1n) is 6.98. The molecule has 5 nitrogen and oxygen atoms in total. The number of ether oxygens (including phenoxy) is 1. The second-order valence-corrected chi connectivity index (χ2v) is 6.45. The Labute approximate surface area is 151 Å². The molecule has 2 rings (SSSR count). The van der Waals surface area contributed by atoms with Crippen LogP contribution in [0, 0.1) is 11.3 Å². The summed E-state index contributed by atoms with van der Waals surface area (Å²) in [6, 6.07) is 9.99. The molecule has 0 aliphatic heterocycles. The van der Waals surface area contributed by atoms with Gasteiger partial charge in [0.05, 0.1) is 12.2 Å². The minimum Gasteiger partial charge on any atom is -0.462 e. The minimum absolute atomic E-state index is 0.00109. The van der Waals surface area contributed by atoms with Crippen LogP contribution < -0.4 is 5.32 Å². The summed E-state index contributed by atoms with van der Waals surface area (Å²) in [5.74, 6) is -0.929. The zero-order valence-corrected chi connectivity index (χ0v) is 15.1. The molecule has 2 aromatic rings. The molecular weight excluding hydrogens is 392 g/mol. The van der Waals surface area contributed by atoms with Crippen molar-refractivity contribution < 1.29 is 14.3 Å². The number of amides is 1. The van der Waals surface area contributed by atoms with E-state index in [1.54, 1.807) is 31.2 Å². The molecule has 1 N–H and O–H groups in total. The van der Waals surface area contributed by atoms with Gasteiger partial charge in [-0.2, -0.15) is 5.26 Å². The SMILES string of the molecule is CCOC(=O)c1ccc(NC(=O)/C(C#N)=C/c2cc(Br)cs2)cc1. The van der Waals surface area contributed by atoms with Crippen LogP contribution in [0.25, 0.3) is 6.08 Å². The smallest absolute Gasteiger partial charge is 0.338 e. The maximum atomic E-state index is 12.2. The van der Waals surface area contributed by atoms with E-state index in [0.29, 0.717) is 17.9 Å². The molecule has 1 heterocycles. The highest BCUT2D eigenvalue weighted by molar-refractivity contribution is 9.10. The number of hydrogen-bond acceptors (Lipinski definition) is 5. The number of rotatable bonds is 5. The van der Waals surface area contributed by atoms with Gasteiger partial charge in [0, 0.05) is 20.4 Å². The number of nitrogens with one attached hydrogen (secondary N) is 1. The molecule has 7 heteroatoms. The van der Waals surface area contributed by atoms with Crippen molar-refractivity contribution in [1.82, 2.24) is 0 Å². The van der Waals surface area contributed by atoms with Crippen molar-refractivity contribution in [1.29, 1.82) is 5.26 Å². The van der Waals surface area contributed by atoms with Gasteiger partial charge in [0.1, 0.15) is 11.6 Å². The van der Waals surface area contributed by atoms with Crippen LogP contribution >= 0.6 is 27.3 Å². The maximum Gasteiger partial charge on any atom is 0.338 e. The molecule has 122 valence electrons. The lowest BCUT2D eigenvalue weighted by Gasteiger charge is -2.06. The van der Waals surface area contributed by atoms with Crippen LogP contribution in [-0.4, -0.2) is 18.5 Å². The van der Waals surface area contributed by atoms with Crippen LogP contribution in [0.1, 0.15) is 22.2 Å². The Morgan fingerprint density at radius 3 is 2.62 bits per heavy atom. The number of nitriles is 1. The van der Waals surface area contributed by atoms with Crippen LogP contribution in [0.5, 0.6) is 0 Å². The standard InChI is InChI=1S/C17H13BrN2O3S/c1-2-23-17(22)11-3-5-14(6-4-11)20-16(21)12(9-19)7-15-8-13(18)10-24-15/h3-8,10H,2H2,1H3,(H,20,21)/b12-7+. The van der Waals surface area contributed by atoms with Crippen molar-refractivity contribution in [2.24, 2.45) is 0 Å². The number of carbonyl (C=O) groups excluding carboxylic acids is 2. The zero-order valence-electron chi connectivity index (χ0n) is 12.7. The summed E-state index contributed by atoms with van der Waals surface area (Å²) in [4.78, 5) is 24.5. The predicted octanol–water partition coefficient (Wildman–Crippen LogP) is 4.23. The first-order chi connectivity index (χ1) is 11.5. The highest BCUT2D eigenvalue weighted by Gasteiger charge is 2.11. The summed E-state index contributed by atoms with van der Waals surface area (Å²) >= 11 is 4.75. The number of carbonyl (C=O) groups is 2. The minimum atomic E-state index is -0.508. The van der Waals surface area contributed by atoms with Crippen LogP contribution in [0.2, 0.25) is 0 Å². The average Bonchev–Trinajstić information content (AvgIpc) is 2.98. The van der Waals surface area contributed by atoms with E-state index in [-0.39, 0.29) is 5.57 Å². The van der Waals surface area contributed by atoms with Crippen molar-refractivity contribution in [3.05, 3.63) is 56.2 Å². The first-order valence-corrected chi connectivity index (χ1v) is 8.65. The molecule has 0 saturated heterocycles. The number of nitrogens with zero attached hydrogens (tertiary/aromatic N) is 1. The normalized spacial score (nSPS) is 10.8. The van der Waals surface area contributed by atoms with Gasteiger partial charge in [0.15, 0.2) is 0 Å².